The molecule has 0 saturated heterocycles. The maximum Gasteiger partial charge on any atom is 0.255 e. The molecule has 0 radical (unpaired) electrons. The van der Waals surface area contributed by atoms with E-state index in [4.69, 9.17) is 0 Å². The molecule has 1 atom stereocenters. The summed E-state index contributed by atoms with van der Waals surface area (Å²) in [6.07, 6.45) is 2.22. The van der Waals surface area contributed by atoms with Crippen molar-refractivity contribution in [2.75, 3.05) is 5.32 Å². The number of benzene rings is 2. The Hall–Kier alpha value is -2.77. The lowest BCUT2D eigenvalue weighted by Crippen LogP contribution is -2.96. The Morgan fingerprint density at radius 1 is 1.16 bits per heavy atom. The maximum atomic E-state index is 12.4. The number of rotatable bonds is 6. The van der Waals surface area contributed by atoms with Gasteiger partial charge in [0.15, 0.2) is 5.69 Å². The molecule has 25 heavy (non-hydrogen) atoms. The first-order chi connectivity index (χ1) is 12.1. The van der Waals surface area contributed by atoms with Crippen LogP contribution in [0.3, 0.4) is 0 Å². The smallest absolute Gasteiger partial charge is 0.255 e. The van der Waals surface area contributed by atoms with Gasteiger partial charge in [0.25, 0.3) is 5.91 Å². The summed E-state index contributed by atoms with van der Waals surface area (Å²) in [5.74, 6) is 0.546. The zero-order valence-electron chi connectivity index (χ0n) is 14.4. The Morgan fingerprint density at radius 3 is 2.48 bits per heavy atom. The molecule has 1 heterocycles. The number of hydrogen-bond acceptors (Lipinski definition) is 4. The average molecular weight is 338 g/mol. The van der Waals surface area contributed by atoms with E-state index >= 15 is 0 Å². The lowest BCUT2D eigenvalue weighted by Gasteiger charge is -2.15. The van der Waals surface area contributed by atoms with Crippen molar-refractivity contribution in [3.05, 3.63) is 65.2 Å². The Morgan fingerprint density at radius 2 is 1.88 bits per heavy atom. The van der Waals surface area contributed by atoms with Crippen LogP contribution in [0.1, 0.15) is 36.2 Å². The molecule has 1 amide bonds. The van der Waals surface area contributed by atoms with Crippen molar-refractivity contribution >= 4 is 17.3 Å². The van der Waals surface area contributed by atoms with E-state index in [0.29, 0.717) is 16.6 Å². The first kappa shape index (κ1) is 17.1. The molecule has 3 N–H and O–H groups in total. The third-order valence-corrected chi connectivity index (χ3v) is 3.97. The molecule has 0 saturated carbocycles. The molecule has 0 bridgehead atoms. The van der Waals surface area contributed by atoms with E-state index in [9.17, 15) is 4.79 Å². The van der Waals surface area contributed by atoms with E-state index in [0.717, 1.165) is 17.8 Å². The van der Waals surface area contributed by atoms with Crippen molar-refractivity contribution in [3.8, 4) is 0 Å². The second-order valence-corrected chi connectivity index (χ2v) is 6.40. The Labute approximate surface area is 147 Å². The summed E-state index contributed by atoms with van der Waals surface area (Å²) >= 11 is 0. The molecule has 0 spiro atoms. The number of anilines is 1. The quantitative estimate of drug-likeness (QED) is 0.756. The summed E-state index contributed by atoms with van der Waals surface area (Å²) in [7, 11) is 0. The van der Waals surface area contributed by atoms with Gasteiger partial charge in [0.2, 0.25) is 0 Å². The zero-order valence-corrected chi connectivity index (χ0v) is 14.4. The van der Waals surface area contributed by atoms with E-state index in [1.807, 2.05) is 12.1 Å². The van der Waals surface area contributed by atoms with Crippen LogP contribution in [0.15, 0.2) is 59.0 Å². The van der Waals surface area contributed by atoms with Gasteiger partial charge in [0, 0.05) is 28.6 Å². The van der Waals surface area contributed by atoms with Gasteiger partial charge >= 0.3 is 0 Å². The van der Waals surface area contributed by atoms with Crippen LogP contribution in [0.25, 0.3) is 5.53 Å². The number of quaternary nitrogens is 1. The van der Waals surface area contributed by atoms with Gasteiger partial charge in [0.1, 0.15) is 0 Å². The predicted octanol–water partition coefficient (Wildman–Crippen LogP) is 3.13. The summed E-state index contributed by atoms with van der Waals surface area (Å²) in [5.41, 5.74) is 9.81. The summed E-state index contributed by atoms with van der Waals surface area (Å²) in [5, 5.41) is 10.8. The van der Waals surface area contributed by atoms with Crippen molar-refractivity contribution in [1.82, 2.24) is 5.53 Å². The second kappa shape index (κ2) is 7.87. The number of nitrogens with zero attached hydrogens (tertiary/aromatic N) is 3. The summed E-state index contributed by atoms with van der Waals surface area (Å²) < 4.78 is 0. The highest BCUT2D eigenvalue weighted by molar-refractivity contribution is 6.04. The summed E-state index contributed by atoms with van der Waals surface area (Å²) in [6.45, 7) is 4.44. The minimum atomic E-state index is -0.144. The Bertz CT molecular complexity index is 739. The lowest BCUT2D eigenvalue weighted by atomic mass is 10.0. The SMILES string of the molecule is CC(C)CCc1ccc(NC(=O)c2ccc([NH+]3N=NN[N-]3)cc2)cc1. The number of hydrogen-bond donors (Lipinski definition) is 3. The van der Waals surface area contributed by atoms with Crippen LogP contribution in [0.4, 0.5) is 11.4 Å². The van der Waals surface area contributed by atoms with Gasteiger partial charge in [-0.25, -0.2) is 5.12 Å². The largest absolute Gasteiger partial charge is 0.334 e. The minimum absolute atomic E-state index is 0.144. The molecule has 2 aromatic carbocycles. The molecule has 1 unspecified atom stereocenters. The molecule has 0 fully saturated rings. The summed E-state index contributed by atoms with van der Waals surface area (Å²) in [6, 6.07) is 15.1. The number of carbonyl (C=O) groups is 1. The first-order valence-electron chi connectivity index (χ1n) is 8.36. The fourth-order valence-electron chi connectivity index (χ4n) is 2.47. The first-order valence-corrected chi connectivity index (χ1v) is 8.36. The second-order valence-electron chi connectivity index (χ2n) is 6.40. The lowest BCUT2D eigenvalue weighted by molar-refractivity contribution is -0.798. The predicted molar refractivity (Wildman–Crippen MR) is 96.0 cm³/mol. The van der Waals surface area contributed by atoms with Crippen molar-refractivity contribution in [3.63, 3.8) is 0 Å². The summed E-state index contributed by atoms with van der Waals surface area (Å²) in [4.78, 5) is 12.4. The molecule has 0 aromatic heterocycles. The molecule has 1 aliphatic heterocycles. The topological polar surface area (TPSA) is 84.4 Å². The van der Waals surface area contributed by atoms with E-state index < -0.39 is 0 Å². The fourth-order valence-corrected chi connectivity index (χ4v) is 2.47. The monoisotopic (exact) mass is 338 g/mol. The molecule has 130 valence electrons. The standard InChI is InChI=1S/C18H22N6O/c1-13(2)3-4-14-5-9-16(10-6-14)19-18(25)15-7-11-17(12-8-15)24-22-20-21-23-24/h5-13,24H,3-4H2,1-2H3,(H2-,19,20,21,22,23,25). The van der Waals surface area contributed by atoms with E-state index in [1.54, 1.807) is 24.3 Å². The van der Waals surface area contributed by atoms with Crippen LogP contribution >= 0.6 is 0 Å². The van der Waals surface area contributed by atoms with Gasteiger partial charge in [-0.1, -0.05) is 26.0 Å². The molecule has 1 aliphatic rings. The van der Waals surface area contributed by atoms with Crippen LogP contribution in [0.5, 0.6) is 0 Å². The Balaban J connectivity index is 1.58. The highest BCUT2D eigenvalue weighted by Gasteiger charge is 2.11. The maximum absolute atomic E-state index is 12.4. The number of amides is 1. The average Bonchev–Trinajstić information content (AvgIpc) is 3.16. The zero-order chi connectivity index (χ0) is 17.6. The van der Waals surface area contributed by atoms with E-state index in [-0.39, 0.29) is 5.91 Å². The van der Waals surface area contributed by atoms with Crippen molar-refractivity contribution in [1.29, 1.82) is 0 Å². The van der Waals surface area contributed by atoms with Crippen molar-refractivity contribution < 1.29 is 9.91 Å². The van der Waals surface area contributed by atoms with Gasteiger partial charge < -0.3 is 16.4 Å². The third kappa shape index (κ3) is 4.62. The third-order valence-electron chi connectivity index (χ3n) is 3.97. The minimum Gasteiger partial charge on any atom is -0.334 e. The molecule has 7 heteroatoms. The van der Waals surface area contributed by atoms with Crippen molar-refractivity contribution in [2.45, 2.75) is 26.7 Å². The van der Waals surface area contributed by atoms with Gasteiger partial charge in [-0.3, -0.25) is 4.79 Å². The number of aryl methyl sites for hydroxylation is 1. The van der Waals surface area contributed by atoms with Gasteiger partial charge in [0.05, 0.1) is 0 Å². The van der Waals surface area contributed by atoms with Crippen molar-refractivity contribution in [2.24, 2.45) is 16.4 Å². The van der Waals surface area contributed by atoms with Crippen LogP contribution in [0, 0.1) is 5.92 Å². The van der Waals surface area contributed by atoms with Gasteiger partial charge in [-0.05, 0) is 53.8 Å². The highest BCUT2D eigenvalue weighted by Crippen LogP contribution is 2.15. The molecule has 3 rings (SSSR count). The number of nitrogens with one attached hydrogen (secondary N) is 3. The van der Waals surface area contributed by atoms with Gasteiger partial charge in [-0.2, -0.15) is 0 Å². The normalized spacial score (nSPS) is 16.0. The fraction of sp³-hybridized carbons (Fsp3) is 0.278. The Kier molecular flexibility index (Phi) is 5.37. The molecular formula is C18H22N6O. The molecular weight excluding hydrogens is 316 g/mol. The molecule has 0 aliphatic carbocycles. The van der Waals surface area contributed by atoms with Crippen LogP contribution in [0.2, 0.25) is 0 Å². The van der Waals surface area contributed by atoms with Crippen LogP contribution in [-0.2, 0) is 6.42 Å². The highest BCUT2D eigenvalue weighted by atomic mass is 16.1. The van der Waals surface area contributed by atoms with Crippen LogP contribution < -0.4 is 16.0 Å². The number of carbonyl (C=O) groups excluding carboxylic acids is 1. The van der Waals surface area contributed by atoms with Crippen LogP contribution in [-0.4, -0.2) is 5.91 Å². The van der Waals surface area contributed by atoms with E-state index in [2.05, 4.69) is 52.8 Å². The molecule has 7 nitrogen and oxygen atoms in total. The van der Waals surface area contributed by atoms with Gasteiger partial charge in [-0.15, -0.1) is 0 Å². The molecule has 2 aromatic rings. The van der Waals surface area contributed by atoms with E-state index in [1.165, 1.54) is 12.0 Å².